The number of hydrogen-bond acceptors (Lipinski definition) is 3. The molecule has 0 aliphatic carbocycles. The van der Waals surface area contributed by atoms with Crippen molar-refractivity contribution in [2.45, 2.75) is 67.0 Å². The first-order valence-electron chi connectivity index (χ1n) is 11.9. The second-order valence-electron chi connectivity index (χ2n) is 7.23. The van der Waals surface area contributed by atoms with Gasteiger partial charge in [0.05, 0.1) is 6.61 Å². The quantitative estimate of drug-likeness (QED) is 0.537. The van der Waals surface area contributed by atoms with Crippen LogP contribution in [0.1, 0.15) is 70.3 Å². The molecule has 4 nitrogen and oxygen atoms in total. The zero-order valence-corrected chi connectivity index (χ0v) is 21.5. The Morgan fingerprint density at radius 1 is 0.906 bits per heavy atom. The Morgan fingerprint density at radius 2 is 1.50 bits per heavy atom. The van der Waals surface area contributed by atoms with Crippen molar-refractivity contribution in [3.8, 4) is 0 Å². The van der Waals surface area contributed by atoms with Gasteiger partial charge in [-0.05, 0) is 30.0 Å². The second kappa shape index (κ2) is 19.1. The number of nitrogens with zero attached hydrogens (tertiary/aromatic N) is 1. The Labute approximate surface area is 197 Å². The topological polar surface area (TPSA) is 45.6 Å². The first kappa shape index (κ1) is 29.4. The Morgan fingerprint density at radius 3 is 2.03 bits per heavy atom. The van der Waals surface area contributed by atoms with Gasteiger partial charge in [0.25, 0.3) is 0 Å². The van der Waals surface area contributed by atoms with Crippen molar-refractivity contribution in [2.75, 3.05) is 20.8 Å². The van der Waals surface area contributed by atoms with Crippen LogP contribution in [-0.2, 0) is 11.2 Å². The van der Waals surface area contributed by atoms with Crippen molar-refractivity contribution in [3.63, 3.8) is 0 Å². The maximum atomic E-state index is 5.14. The Hall–Kier alpha value is -2.59. The molecule has 1 heterocycles. The van der Waals surface area contributed by atoms with Gasteiger partial charge in [0.1, 0.15) is 12.0 Å². The molecular weight excluding hydrogens is 394 g/mol. The summed E-state index contributed by atoms with van der Waals surface area (Å²) in [5.74, 6) is 0.865. The standard InChI is InChI=1S/C13H17N3O.C10H14.C3H8.C2H6/c1-14-12-8-11(9-17-2)15-13(16-12)10-6-4-3-5-7-10;1-3-6-10-8-5-4-7-9(10)2;1-3-2;1-2/h3-8,13,15H,9H2,1-2H3,(H,14,16);4-5,7-8H,3,6H2,1-2H3;3H2,1-2H3;1-2H3. The fourth-order valence-electron chi connectivity index (χ4n) is 2.96. The molecule has 2 aromatic carbocycles. The third-order valence-corrected chi connectivity index (χ3v) is 4.39. The Kier molecular flexibility index (Phi) is 17.6. The lowest BCUT2D eigenvalue weighted by Gasteiger charge is -2.28. The van der Waals surface area contributed by atoms with Crippen LogP contribution in [0, 0.1) is 6.92 Å². The Balaban J connectivity index is 0.000000545. The number of ether oxygens (including phenoxy) is 1. The first-order valence-corrected chi connectivity index (χ1v) is 11.9. The van der Waals surface area contributed by atoms with Crippen LogP contribution < -0.4 is 10.6 Å². The van der Waals surface area contributed by atoms with Crippen LogP contribution in [-0.4, -0.2) is 26.6 Å². The van der Waals surface area contributed by atoms with E-state index in [4.69, 9.17) is 4.74 Å². The minimum Gasteiger partial charge on any atom is -0.378 e. The van der Waals surface area contributed by atoms with Crippen LogP contribution >= 0.6 is 0 Å². The number of methoxy groups -OCH3 is 1. The zero-order chi connectivity index (χ0) is 24.2. The van der Waals surface area contributed by atoms with E-state index in [0.29, 0.717) is 6.61 Å². The summed E-state index contributed by atoms with van der Waals surface area (Å²) in [7, 11) is 3.46. The van der Waals surface area contributed by atoms with Gasteiger partial charge in [-0.3, -0.25) is 4.99 Å². The third kappa shape index (κ3) is 11.7. The number of rotatable bonds is 5. The lowest BCUT2D eigenvalue weighted by molar-refractivity contribution is 0.216. The third-order valence-electron chi connectivity index (χ3n) is 4.39. The summed E-state index contributed by atoms with van der Waals surface area (Å²) >= 11 is 0. The molecule has 0 bridgehead atoms. The number of benzene rings is 2. The molecule has 0 radical (unpaired) electrons. The van der Waals surface area contributed by atoms with E-state index >= 15 is 0 Å². The van der Waals surface area contributed by atoms with Crippen molar-refractivity contribution in [1.29, 1.82) is 0 Å². The molecule has 1 aliphatic heterocycles. The van der Waals surface area contributed by atoms with E-state index in [1.807, 2.05) is 38.1 Å². The molecule has 2 N–H and O–H groups in total. The fourth-order valence-corrected chi connectivity index (χ4v) is 2.96. The van der Waals surface area contributed by atoms with Gasteiger partial charge in [-0.2, -0.15) is 0 Å². The number of aryl methyl sites for hydroxylation is 2. The van der Waals surface area contributed by atoms with Crippen LogP contribution in [0.3, 0.4) is 0 Å². The van der Waals surface area contributed by atoms with Crippen LogP contribution in [0.2, 0.25) is 0 Å². The SMILES string of the molecule is CC.CCC.CCCc1ccccc1C.CN=C1C=C(COC)NC(c2ccccc2)N1. The van der Waals surface area contributed by atoms with E-state index < -0.39 is 0 Å². The summed E-state index contributed by atoms with van der Waals surface area (Å²) < 4.78 is 5.14. The predicted octanol–water partition coefficient (Wildman–Crippen LogP) is 6.83. The van der Waals surface area contributed by atoms with Gasteiger partial charge < -0.3 is 15.4 Å². The summed E-state index contributed by atoms with van der Waals surface area (Å²) in [5, 5.41) is 6.69. The summed E-state index contributed by atoms with van der Waals surface area (Å²) in [6.07, 6.45) is 5.71. The number of nitrogens with one attached hydrogen (secondary N) is 2. The lowest BCUT2D eigenvalue weighted by atomic mass is 10.1. The average Bonchev–Trinajstić information content (AvgIpc) is 2.83. The highest BCUT2D eigenvalue weighted by atomic mass is 16.5. The van der Waals surface area contributed by atoms with Crippen molar-refractivity contribution >= 4 is 5.84 Å². The van der Waals surface area contributed by atoms with E-state index in [0.717, 1.165) is 11.5 Å². The van der Waals surface area contributed by atoms with Crippen LogP contribution in [0.5, 0.6) is 0 Å². The van der Waals surface area contributed by atoms with E-state index in [2.05, 4.69) is 79.7 Å². The van der Waals surface area contributed by atoms with Crippen LogP contribution in [0.4, 0.5) is 0 Å². The maximum absolute atomic E-state index is 5.14. The van der Waals surface area contributed by atoms with E-state index in [-0.39, 0.29) is 6.17 Å². The molecule has 0 spiro atoms. The van der Waals surface area contributed by atoms with Gasteiger partial charge in [0.15, 0.2) is 0 Å². The molecule has 0 saturated carbocycles. The van der Waals surface area contributed by atoms with Gasteiger partial charge in [0.2, 0.25) is 0 Å². The summed E-state index contributed by atoms with van der Waals surface area (Å²) in [5.41, 5.74) is 5.12. The minimum absolute atomic E-state index is 0.0463. The highest BCUT2D eigenvalue weighted by Crippen LogP contribution is 2.15. The lowest BCUT2D eigenvalue weighted by Crippen LogP contribution is -2.42. The smallest absolute Gasteiger partial charge is 0.124 e. The molecular formula is C28H45N3O. The number of hydrogen-bond donors (Lipinski definition) is 2. The zero-order valence-electron chi connectivity index (χ0n) is 21.5. The van der Waals surface area contributed by atoms with Crippen molar-refractivity contribution in [2.24, 2.45) is 4.99 Å². The second-order valence-corrected chi connectivity index (χ2v) is 7.23. The van der Waals surface area contributed by atoms with Crippen molar-refractivity contribution in [3.05, 3.63) is 83.1 Å². The molecule has 0 fully saturated rings. The molecule has 178 valence electrons. The molecule has 1 aliphatic rings. The first-order chi connectivity index (χ1) is 15.6. The highest BCUT2D eigenvalue weighted by molar-refractivity contribution is 5.94. The molecule has 0 saturated heterocycles. The number of amidine groups is 1. The van der Waals surface area contributed by atoms with Gasteiger partial charge in [-0.25, -0.2) is 0 Å². The summed E-state index contributed by atoms with van der Waals surface area (Å²) in [4.78, 5) is 4.19. The molecule has 0 aromatic heterocycles. The van der Waals surface area contributed by atoms with Gasteiger partial charge in [0, 0.05) is 25.9 Å². The maximum Gasteiger partial charge on any atom is 0.124 e. The van der Waals surface area contributed by atoms with E-state index in [9.17, 15) is 0 Å². The number of aliphatic imine (C=N–C) groups is 1. The molecule has 3 rings (SSSR count). The normalized spacial score (nSPS) is 15.3. The summed E-state index contributed by atoms with van der Waals surface area (Å²) in [6, 6.07) is 18.8. The monoisotopic (exact) mass is 439 g/mol. The van der Waals surface area contributed by atoms with E-state index in [1.54, 1.807) is 14.2 Å². The molecule has 1 unspecified atom stereocenters. The molecule has 1 atom stereocenters. The predicted molar refractivity (Wildman–Crippen MR) is 141 cm³/mol. The summed E-state index contributed by atoms with van der Waals surface area (Å²) in [6.45, 7) is 13.2. The van der Waals surface area contributed by atoms with Crippen LogP contribution in [0.15, 0.2) is 71.4 Å². The average molecular weight is 440 g/mol. The Bertz CT molecular complexity index is 769. The van der Waals surface area contributed by atoms with Crippen molar-refractivity contribution < 1.29 is 4.74 Å². The molecule has 2 aromatic rings. The highest BCUT2D eigenvalue weighted by Gasteiger charge is 2.17. The minimum atomic E-state index is 0.0463. The van der Waals surface area contributed by atoms with Gasteiger partial charge in [-0.15, -0.1) is 0 Å². The van der Waals surface area contributed by atoms with Gasteiger partial charge in [-0.1, -0.05) is 102 Å². The van der Waals surface area contributed by atoms with E-state index in [1.165, 1.54) is 36.0 Å². The fraction of sp³-hybridized carbons (Fsp3) is 0.464. The largest absolute Gasteiger partial charge is 0.378 e. The van der Waals surface area contributed by atoms with Crippen molar-refractivity contribution in [1.82, 2.24) is 10.6 Å². The molecule has 32 heavy (non-hydrogen) atoms. The molecule has 4 heteroatoms. The van der Waals surface area contributed by atoms with Gasteiger partial charge >= 0.3 is 0 Å². The molecule has 0 amide bonds. The van der Waals surface area contributed by atoms with Crippen LogP contribution in [0.25, 0.3) is 0 Å².